The fourth-order valence-electron chi connectivity index (χ4n) is 2.20. The quantitative estimate of drug-likeness (QED) is 0.786. The van der Waals surface area contributed by atoms with Crippen molar-refractivity contribution < 1.29 is 4.79 Å². The molecule has 0 aliphatic heterocycles. The van der Waals surface area contributed by atoms with Crippen LogP contribution in [0.2, 0.25) is 0 Å². The summed E-state index contributed by atoms with van der Waals surface area (Å²) in [6.45, 7) is 1.97. The van der Waals surface area contributed by atoms with Gasteiger partial charge in [0.1, 0.15) is 0 Å². The van der Waals surface area contributed by atoms with E-state index in [4.69, 9.17) is 0 Å². The zero-order valence-electron chi connectivity index (χ0n) is 9.78. The minimum atomic E-state index is -0.107. The van der Waals surface area contributed by atoms with Crippen LogP contribution < -0.4 is 5.56 Å². The Morgan fingerprint density at radius 2 is 2.18 bits per heavy atom. The smallest absolute Gasteiger partial charge is 0.267 e. The van der Waals surface area contributed by atoms with Crippen LogP contribution in [0.5, 0.6) is 0 Å². The number of carbonyl (C=O) groups is 1. The molecular weight excluding hydrogens is 331 g/mol. The summed E-state index contributed by atoms with van der Waals surface area (Å²) in [5.41, 5.74) is 0.615. The molecule has 17 heavy (non-hydrogen) atoms. The van der Waals surface area contributed by atoms with Crippen molar-refractivity contribution in [3.63, 3.8) is 0 Å². The Hall–Kier alpha value is -0.720. The molecule has 1 saturated carbocycles. The minimum absolute atomic E-state index is 0.107. The summed E-state index contributed by atoms with van der Waals surface area (Å²) in [5.74, 6) is 0.326. The van der Waals surface area contributed by atoms with Gasteiger partial charge in [0.25, 0.3) is 5.56 Å². The third-order valence-electron chi connectivity index (χ3n) is 3.29. The largest absolute Gasteiger partial charge is 0.297 e. The Morgan fingerprint density at radius 3 is 2.82 bits per heavy atom. The molecule has 1 aromatic rings. The lowest BCUT2D eigenvalue weighted by Gasteiger charge is -2.10. The number of halogens is 1. The SMILES string of the molecule is Cc1ncn(CC(=O)C2CCCC2)c(=O)c1I. The number of carbonyl (C=O) groups excluding carboxylic acids is 1. The van der Waals surface area contributed by atoms with Gasteiger partial charge in [-0.3, -0.25) is 14.2 Å². The first-order valence-corrected chi connectivity index (χ1v) is 6.91. The molecular formula is C12H15IN2O2. The second kappa shape index (κ2) is 5.29. The summed E-state index contributed by atoms with van der Waals surface area (Å²) in [5, 5.41) is 0. The Labute approximate surface area is 114 Å². The Morgan fingerprint density at radius 1 is 1.53 bits per heavy atom. The maximum atomic E-state index is 12.0. The van der Waals surface area contributed by atoms with Crippen molar-refractivity contribution >= 4 is 28.4 Å². The highest BCUT2D eigenvalue weighted by Crippen LogP contribution is 2.25. The van der Waals surface area contributed by atoms with E-state index in [-0.39, 0.29) is 23.8 Å². The van der Waals surface area contributed by atoms with Crippen molar-refractivity contribution in [2.24, 2.45) is 5.92 Å². The molecule has 1 aromatic heterocycles. The molecule has 1 aliphatic carbocycles. The zero-order valence-corrected chi connectivity index (χ0v) is 11.9. The normalized spacial score (nSPS) is 16.4. The van der Waals surface area contributed by atoms with Crippen LogP contribution in [0.1, 0.15) is 31.4 Å². The number of Topliss-reactive ketones (excluding diaryl/α,β-unsaturated/α-hetero) is 1. The van der Waals surface area contributed by atoms with Gasteiger partial charge in [-0.1, -0.05) is 12.8 Å². The van der Waals surface area contributed by atoms with Crippen LogP contribution >= 0.6 is 22.6 Å². The highest BCUT2D eigenvalue weighted by atomic mass is 127. The summed E-state index contributed by atoms with van der Waals surface area (Å²) in [6.07, 6.45) is 5.70. The van der Waals surface area contributed by atoms with E-state index in [1.807, 2.05) is 22.6 Å². The molecule has 1 aliphatic rings. The third-order valence-corrected chi connectivity index (χ3v) is 4.54. The van der Waals surface area contributed by atoms with Gasteiger partial charge < -0.3 is 0 Å². The third kappa shape index (κ3) is 2.75. The summed E-state index contributed by atoms with van der Waals surface area (Å²) >= 11 is 1.98. The fourth-order valence-corrected chi connectivity index (χ4v) is 2.65. The summed E-state index contributed by atoms with van der Waals surface area (Å²) < 4.78 is 2.03. The number of aromatic nitrogens is 2. The van der Waals surface area contributed by atoms with Gasteiger partial charge in [0.2, 0.25) is 0 Å². The van der Waals surface area contributed by atoms with E-state index in [2.05, 4.69) is 4.98 Å². The standard InChI is InChI=1S/C12H15IN2O2/c1-8-11(13)12(17)15(7-14-8)6-10(16)9-4-2-3-5-9/h7,9H,2-6H2,1H3. The molecule has 5 heteroatoms. The molecule has 92 valence electrons. The number of aryl methyl sites for hydroxylation is 1. The van der Waals surface area contributed by atoms with Gasteiger partial charge in [-0.15, -0.1) is 0 Å². The Kier molecular flexibility index (Phi) is 3.96. The van der Waals surface area contributed by atoms with Crippen LogP contribution in [-0.2, 0) is 11.3 Å². The first-order chi connectivity index (χ1) is 8.09. The lowest BCUT2D eigenvalue weighted by molar-refractivity contribution is -0.123. The van der Waals surface area contributed by atoms with Gasteiger partial charge in [-0.25, -0.2) is 4.98 Å². The lowest BCUT2D eigenvalue weighted by Crippen LogP contribution is -2.29. The molecule has 0 amide bonds. The van der Waals surface area contributed by atoms with Crippen LogP contribution in [-0.4, -0.2) is 15.3 Å². The van der Waals surface area contributed by atoms with Gasteiger partial charge in [0.05, 0.1) is 22.1 Å². The maximum Gasteiger partial charge on any atom is 0.267 e. The van der Waals surface area contributed by atoms with Crippen molar-refractivity contribution in [3.8, 4) is 0 Å². The van der Waals surface area contributed by atoms with E-state index in [1.54, 1.807) is 6.92 Å². The van der Waals surface area contributed by atoms with Crippen molar-refractivity contribution in [2.45, 2.75) is 39.2 Å². The average Bonchev–Trinajstić information content (AvgIpc) is 2.83. The van der Waals surface area contributed by atoms with Crippen LogP contribution in [0, 0.1) is 16.4 Å². The van der Waals surface area contributed by atoms with Crippen LogP contribution in [0.25, 0.3) is 0 Å². The van der Waals surface area contributed by atoms with Crippen molar-refractivity contribution in [1.29, 1.82) is 0 Å². The van der Waals surface area contributed by atoms with Gasteiger partial charge >= 0.3 is 0 Å². The number of rotatable bonds is 3. The molecule has 1 fully saturated rings. The summed E-state index contributed by atoms with van der Waals surface area (Å²) in [4.78, 5) is 28.0. The number of nitrogens with zero attached hydrogens (tertiary/aromatic N) is 2. The first-order valence-electron chi connectivity index (χ1n) is 5.84. The van der Waals surface area contributed by atoms with E-state index in [9.17, 15) is 9.59 Å². The number of hydrogen-bond donors (Lipinski definition) is 0. The molecule has 0 aromatic carbocycles. The molecule has 0 unspecified atom stereocenters. The highest BCUT2D eigenvalue weighted by molar-refractivity contribution is 14.1. The van der Waals surface area contributed by atoms with E-state index < -0.39 is 0 Å². The summed E-state index contributed by atoms with van der Waals surface area (Å²) in [7, 11) is 0. The van der Waals surface area contributed by atoms with Gasteiger partial charge in [0.15, 0.2) is 5.78 Å². The molecule has 0 saturated heterocycles. The molecule has 0 radical (unpaired) electrons. The molecule has 0 N–H and O–H groups in total. The number of ketones is 1. The van der Waals surface area contributed by atoms with Gasteiger partial charge in [0, 0.05) is 5.92 Å². The molecule has 1 heterocycles. The number of hydrogen-bond acceptors (Lipinski definition) is 3. The second-order valence-electron chi connectivity index (χ2n) is 4.52. The van der Waals surface area contributed by atoms with Gasteiger partial charge in [-0.05, 0) is 42.4 Å². The van der Waals surface area contributed by atoms with E-state index >= 15 is 0 Å². The highest BCUT2D eigenvalue weighted by Gasteiger charge is 2.23. The van der Waals surface area contributed by atoms with E-state index in [0.29, 0.717) is 3.57 Å². The predicted octanol–water partition coefficient (Wildman–Crippen LogP) is 1.92. The molecule has 0 spiro atoms. The average molecular weight is 346 g/mol. The maximum absolute atomic E-state index is 12.0. The Balaban J connectivity index is 2.16. The zero-order chi connectivity index (χ0) is 12.4. The second-order valence-corrected chi connectivity index (χ2v) is 5.60. The first kappa shape index (κ1) is 12.7. The fraction of sp³-hybridized carbons (Fsp3) is 0.583. The van der Waals surface area contributed by atoms with Crippen LogP contribution in [0.3, 0.4) is 0 Å². The monoisotopic (exact) mass is 346 g/mol. The predicted molar refractivity (Wildman–Crippen MR) is 72.9 cm³/mol. The van der Waals surface area contributed by atoms with Crippen LogP contribution in [0.4, 0.5) is 0 Å². The summed E-state index contributed by atoms with van der Waals surface area (Å²) in [6, 6.07) is 0. The van der Waals surface area contributed by atoms with E-state index in [0.717, 1.165) is 31.4 Å². The van der Waals surface area contributed by atoms with Crippen molar-refractivity contribution in [2.75, 3.05) is 0 Å². The van der Waals surface area contributed by atoms with Crippen molar-refractivity contribution in [3.05, 3.63) is 25.9 Å². The molecule has 2 rings (SSSR count). The lowest BCUT2D eigenvalue weighted by atomic mass is 10.0. The molecule has 0 atom stereocenters. The topological polar surface area (TPSA) is 52.0 Å². The minimum Gasteiger partial charge on any atom is -0.297 e. The molecule has 4 nitrogen and oxygen atoms in total. The van der Waals surface area contributed by atoms with Crippen molar-refractivity contribution in [1.82, 2.24) is 9.55 Å². The Bertz CT molecular complexity index is 490. The van der Waals surface area contributed by atoms with E-state index in [1.165, 1.54) is 10.9 Å². The van der Waals surface area contributed by atoms with Crippen LogP contribution in [0.15, 0.2) is 11.1 Å². The van der Waals surface area contributed by atoms with Gasteiger partial charge in [-0.2, -0.15) is 0 Å². The molecule has 0 bridgehead atoms.